The van der Waals surface area contributed by atoms with Crippen LogP contribution in [0.3, 0.4) is 0 Å². The molecule has 1 heterocycles. The summed E-state index contributed by atoms with van der Waals surface area (Å²) in [6.45, 7) is 36.9. The van der Waals surface area contributed by atoms with Crippen molar-refractivity contribution in [2.75, 3.05) is 22.9 Å². The molecule has 1 aliphatic carbocycles. The number of fused-ring (bicyclic) bond motifs is 1. The number of hydrogen-bond acceptors (Lipinski definition) is 5. The summed E-state index contributed by atoms with van der Waals surface area (Å²) >= 11 is -1.75. The summed E-state index contributed by atoms with van der Waals surface area (Å²) in [5.74, 6) is 2.06. The molecule has 308 valence electrons. The van der Waals surface area contributed by atoms with Crippen molar-refractivity contribution in [3.05, 3.63) is 107 Å². The number of anilines is 2. The van der Waals surface area contributed by atoms with E-state index in [-0.39, 0.29) is 18.3 Å². The first-order chi connectivity index (χ1) is 25.8. The van der Waals surface area contributed by atoms with Crippen LogP contribution in [-0.4, -0.2) is 35.5 Å². The number of benzene rings is 3. The van der Waals surface area contributed by atoms with Gasteiger partial charge in [-0.25, -0.2) is 0 Å². The van der Waals surface area contributed by atoms with Crippen molar-refractivity contribution in [3.63, 3.8) is 0 Å². The Morgan fingerprint density at radius 3 is 1.20 bits per heavy atom. The first kappa shape index (κ1) is 47.8. The van der Waals surface area contributed by atoms with Gasteiger partial charge in [-0.1, -0.05) is 91.8 Å². The van der Waals surface area contributed by atoms with E-state index in [1.54, 1.807) is 0 Å². The number of allylic oxidation sites excluding steroid dienone is 2. The van der Waals surface area contributed by atoms with E-state index in [9.17, 15) is 0 Å². The summed E-state index contributed by atoms with van der Waals surface area (Å²) in [7, 11) is 10.5. The van der Waals surface area contributed by atoms with Crippen LogP contribution in [0.2, 0.25) is 0 Å². The molecule has 0 radical (unpaired) electrons. The van der Waals surface area contributed by atoms with Crippen LogP contribution in [0, 0.1) is 6.67 Å². The van der Waals surface area contributed by atoms with E-state index in [4.69, 9.17) is 33.0 Å². The topological polar surface area (TPSA) is 34.2 Å². The zero-order chi connectivity index (χ0) is 41.1. The predicted octanol–water partition coefficient (Wildman–Crippen LogP) is 14.4. The van der Waals surface area contributed by atoms with Crippen molar-refractivity contribution in [3.8, 4) is 0 Å². The Labute approximate surface area is 349 Å². The van der Waals surface area contributed by atoms with E-state index in [1.807, 2.05) is 53.7 Å². The third kappa shape index (κ3) is 13.7. The zero-order valence-corrected chi connectivity index (χ0v) is 40.4. The van der Waals surface area contributed by atoms with Gasteiger partial charge in [0, 0.05) is 24.5 Å². The quantitative estimate of drug-likeness (QED) is 0.103. The van der Waals surface area contributed by atoms with Gasteiger partial charge in [0.15, 0.2) is 0 Å². The Morgan fingerprint density at radius 2 is 0.891 bits per heavy atom. The predicted molar refractivity (Wildman–Crippen MR) is 241 cm³/mol. The molecule has 1 saturated heterocycles. The van der Waals surface area contributed by atoms with Crippen molar-refractivity contribution in [2.24, 2.45) is 0 Å². The van der Waals surface area contributed by atoms with Gasteiger partial charge in [0.2, 0.25) is 0 Å². The molecule has 55 heavy (non-hydrogen) atoms. The number of nitrogens with zero attached hydrogens (tertiary/aromatic N) is 2. The molecule has 0 aromatic heterocycles. The number of halogens is 2. The summed E-state index contributed by atoms with van der Waals surface area (Å²) in [5.41, 5.74) is 12.4. The van der Waals surface area contributed by atoms with E-state index >= 15 is 0 Å². The van der Waals surface area contributed by atoms with Crippen LogP contribution in [0.5, 0.6) is 0 Å². The van der Waals surface area contributed by atoms with Gasteiger partial charge in [0.25, 0.3) is 0 Å². The second-order valence-electron chi connectivity index (χ2n) is 16.3. The molecule has 1 fully saturated rings. The molecule has 9 heteroatoms. The van der Waals surface area contributed by atoms with E-state index in [2.05, 4.69) is 133 Å². The van der Waals surface area contributed by atoms with Gasteiger partial charge in [-0.05, 0) is 87.5 Å². The number of para-hydroxylation sites is 2. The molecule has 2 aliphatic rings. The fourth-order valence-corrected chi connectivity index (χ4v) is 10.6. The van der Waals surface area contributed by atoms with Gasteiger partial charge in [-0.15, -0.1) is 0 Å². The van der Waals surface area contributed by atoms with E-state index in [0.29, 0.717) is 23.7 Å². The third-order valence-corrected chi connectivity index (χ3v) is 14.3. The molecule has 0 atom stereocenters. The summed E-state index contributed by atoms with van der Waals surface area (Å²) in [5, 5.41) is 0. The van der Waals surface area contributed by atoms with Crippen molar-refractivity contribution in [1.82, 2.24) is 0 Å². The maximum absolute atomic E-state index is 6.00. The Balaban J connectivity index is 0.000000258. The first-order valence-corrected chi connectivity index (χ1v) is 26.6. The minimum atomic E-state index is -1.75. The molecular weight excluding hydrogens is 831 g/mol. The minimum absolute atomic E-state index is 0.159. The Hall–Kier alpha value is -1.62. The molecule has 0 spiro atoms. The van der Waals surface area contributed by atoms with Crippen LogP contribution >= 0.6 is 28.0 Å². The molecule has 0 unspecified atom stereocenters. The maximum atomic E-state index is 6.00. The van der Waals surface area contributed by atoms with Crippen molar-refractivity contribution in [1.29, 1.82) is 0 Å². The SMILES string of the molecule is CC(C)O[PH+](OC(C)C)OC(C)C.CC(C)c1cccc(C(C)C)c1N1[CH-]N(c2c(C(C)C)cccc2C(C)C)CC1.CC1=C[C](=[Ru]([Cl])[Cl])c2ccccc21. The molecule has 5 nitrogen and oxygen atoms in total. The van der Waals surface area contributed by atoms with Crippen LogP contribution in [0.4, 0.5) is 11.4 Å². The molecule has 0 bridgehead atoms. The van der Waals surface area contributed by atoms with Gasteiger partial charge in [0.05, 0.1) is 0 Å². The van der Waals surface area contributed by atoms with E-state index < -0.39 is 22.1 Å². The Morgan fingerprint density at radius 1 is 0.545 bits per heavy atom. The van der Waals surface area contributed by atoms with Gasteiger partial charge in [-0.2, -0.15) is 20.2 Å². The Kier molecular flexibility index (Phi) is 19.5. The standard InChI is InChI=1S/C27H39N2.C10H8.C9H22O3P.2ClH.Ru/c1-18(2)22-11-9-12-23(19(3)4)26(22)28-15-16-29(17-28)27-24(20(5)6)13-10-14-25(27)21(7)8;1-8-6-7-9-4-2-3-5-10(8)9;1-7(2)10-13(11-8(3)4)12-9(5)6;;;/h9-14,17-21H,15-16H2,1-8H3;2-6H,1H3;7-9,13H,1-6H3;2*1H;/q-1;;+1;;;+2/p-2. The molecule has 3 aromatic rings. The zero-order valence-electron chi connectivity index (χ0n) is 36.1. The Bertz CT molecular complexity index is 1590. The molecule has 3 aromatic carbocycles. The summed E-state index contributed by atoms with van der Waals surface area (Å²) in [4.78, 5) is 5.01. The monoisotopic (exact) mass is 900 g/mol. The molecule has 5 rings (SSSR count). The second kappa shape index (κ2) is 22.5. The van der Waals surface area contributed by atoms with Crippen LogP contribution in [0.25, 0.3) is 5.57 Å². The van der Waals surface area contributed by atoms with Gasteiger partial charge >= 0.3 is 99.6 Å². The van der Waals surface area contributed by atoms with Crippen molar-refractivity contribution >= 4 is 49.0 Å². The number of hydrogen-bond donors (Lipinski definition) is 0. The van der Waals surface area contributed by atoms with Gasteiger partial charge in [0.1, 0.15) is 18.3 Å². The van der Waals surface area contributed by atoms with Crippen LogP contribution in [0.1, 0.15) is 161 Å². The molecule has 0 saturated carbocycles. The second-order valence-corrected chi connectivity index (χ2v) is 23.4. The fourth-order valence-electron chi connectivity index (χ4n) is 6.67. The van der Waals surface area contributed by atoms with Crippen molar-refractivity contribution in [2.45, 2.75) is 146 Å². The van der Waals surface area contributed by atoms with E-state index in [0.717, 1.165) is 17.2 Å². The summed E-state index contributed by atoms with van der Waals surface area (Å²) in [6.07, 6.45) is 2.59. The van der Waals surface area contributed by atoms with Gasteiger partial charge in [-0.3, -0.25) is 0 Å². The third-order valence-electron chi connectivity index (χ3n) is 9.20. The summed E-state index contributed by atoms with van der Waals surface area (Å²) in [6, 6.07) is 22.0. The molecule has 1 aliphatic heterocycles. The van der Waals surface area contributed by atoms with E-state index in [1.165, 1.54) is 50.3 Å². The average Bonchev–Trinajstić information content (AvgIpc) is 3.72. The molecular formula is C46H69Cl2N2O3PRu. The molecule has 0 amide bonds. The normalized spacial score (nSPS) is 14.5. The van der Waals surface area contributed by atoms with Crippen LogP contribution in [-0.2, 0) is 27.1 Å². The van der Waals surface area contributed by atoms with Gasteiger partial charge < -0.3 is 9.80 Å². The van der Waals surface area contributed by atoms with Crippen LogP contribution in [0.15, 0.2) is 66.7 Å². The number of rotatable bonds is 12. The average molecular weight is 901 g/mol. The first-order valence-electron chi connectivity index (χ1n) is 20.0. The fraction of sp³-hybridized carbons (Fsp3) is 0.522. The van der Waals surface area contributed by atoms with Crippen molar-refractivity contribution < 1.29 is 27.1 Å². The summed E-state index contributed by atoms with van der Waals surface area (Å²) < 4.78 is 17.7. The van der Waals surface area contributed by atoms with Crippen LogP contribution < -0.4 is 9.80 Å². The molecule has 0 N–H and O–H groups in total.